The van der Waals surface area contributed by atoms with Gasteiger partial charge >= 0.3 is 0 Å². The van der Waals surface area contributed by atoms with Crippen LogP contribution >= 0.6 is 12.2 Å². The molecular formula is C15H24N4O2S. The zero-order valence-electron chi connectivity index (χ0n) is 13.1. The molecule has 0 aromatic carbocycles. The number of aromatic amines is 1. The Labute approximate surface area is 135 Å². The number of aromatic nitrogens is 2. The summed E-state index contributed by atoms with van der Waals surface area (Å²) >= 11 is 5.14. The van der Waals surface area contributed by atoms with Crippen molar-refractivity contribution in [3.05, 3.63) is 20.7 Å². The van der Waals surface area contributed by atoms with Crippen molar-refractivity contribution in [3.63, 3.8) is 0 Å². The van der Waals surface area contributed by atoms with Crippen molar-refractivity contribution in [1.29, 1.82) is 0 Å². The van der Waals surface area contributed by atoms with Crippen molar-refractivity contribution in [3.8, 4) is 5.88 Å². The van der Waals surface area contributed by atoms with E-state index in [1.54, 1.807) is 4.57 Å². The molecule has 0 radical (unpaired) electrons. The molecule has 1 heterocycles. The van der Waals surface area contributed by atoms with Crippen LogP contribution in [0.1, 0.15) is 57.6 Å². The number of aromatic hydroxyl groups is 1. The van der Waals surface area contributed by atoms with Crippen LogP contribution in [0.2, 0.25) is 0 Å². The zero-order valence-corrected chi connectivity index (χ0v) is 13.9. The fraction of sp³-hybridized carbons (Fsp3) is 0.667. The molecule has 1 aliphatic carbocycles. The first-order valence-electron chi connectivity index (χ1n) is 7.82. The van der Waals surface area contributed by atoms with Crippen molar-refractivity contribution in [2.75, 3.05) is 0 Å². The van der Waals surface area contributed by atoms with Crippen LogP contribution in [0.25, 0.3) is 0 Å². The van der Waals surface area contributed by atoms with E-state index in [-0.39, 0.29) is 34.3 Å². The van der Waals surface area contributed by atoms with Gasteiger partial charge in [-0.25, -0.2) is 0 Å². The molecule has 1 saturated carbocycles. The third-order valence-corrected chi connectivity index (χ3v) is 4.66. The Morgan fingerprint density at radius 3 is 2.86 bits per heavy atom. The highest BCUT2D eigenvalue weighted by Gasteiger charge is 2.21. The molecule has 0 bridgehead atoms. The van der Waals surface area contributed by atoms with Gasteiger partial charge in [0.1, 0.15) is 5.56 Å². The van der Waals surface area contributed by atoms with E-state index < -0.39 is 5.56 Å². The second kappa shape index (κ2) is 7.19. The van der Waals surface area contributed by atoms with Gasteiger partial charge in [0.05, 0.1) is 6.04 Å². The molecule has 1 aliphatic rings. The lowest BCUT2D eigenvalue weighted by atomic mass is 9.91. The van der Waals surface area contributed by atoms with E-state index in [1.165, 1.54) is 6.21 Å². The molecular weight excluding hydrogens is 300 g/mol. The Kier molecular flexibility index (Phi) is 5.52. The van der Waals surface area contributed by atoms with Crippen LogP contribution in [0.3, 0.4) is 0 Å². The molecule has 3 atom stereocenters. The van der Waals surface area contributed by atoms with Gasteiger partial charge in [-0.05, 0) is 38.4 Å². The van der Waals surface area contributed by atoms with E-state index in [2.05, 4.69) is 9.98 Å². The minimum atomic E-state index is -0.421. The summed E-state index contributed by atoms with van der Waals surface area (Å²) in [6.45, 7) is 3.93. The number of nitrogens with one attached hydrogen (secondary N) is 1. The largest absolute Gasteiger partial charge is 0.494 e. The smallest absolute Gasteiger partial charge is 0.264 e. The van der Waals surface area contributed by atoms with E-state index in [0.29, 0.717) is 0 Å². The Balaban J connectivity index is 2.38. The highest BCUT2D eigenvalue weighted by atomic mass is 32.1. The van der Waals surface area contributed by atoms with Gasteiger partial charge in [-0.1, -0.05) is 19.8 Å². The monoisotopic (exact) mass is 324 g/mol. The van der Waals surface area contributed by atoms with Crippen molar-refractivity contribution in [1.82, 2.24) is 9.55 Å². The third kappa shape index (κ3) is 3.47. The van der Waals surface area contributed by atoms with Gasteiger partial charge in [0, 0.05) is 18.3 Å². The summed E-state index contributed by atoms with van der Waals surface area (Å²) in [5, 5.41) is 10.4. The number of H-pyrrole nitrogens is 1. The minimum Gasteiger partial charge on any atom is -0.494 e. The molecule has 122 valence electrons. The molecule has 7 heteroatoms. The Morgan fingerprint density at radius 2 is 2.23 bits per heavy atom. The first kappa shape index (κ1) is 16.9. The molecule has 1 aromatic heterocycles. The third-order valence-electron chi connectivity index (χ3n) is 4.36. The van der Waals surface area contributed by atoms with Crippen LogP contribution < -0.4 is 11.3 Å². The van der Waals surface area contributed by atoms with Gasteiger partial charge in [-0.3, -0.25) is 19.3 Å². The topological polar surface area (TPSA) is 96.4 Å². The average Bonchev–Trinajstić information content (AvgIpc) is 2.48. The summed E-state index contributed by atoms with van der Waals surface area (Å²) in [6, 6.07) is 0.0207. The summed E-state index contributed by atoms with van der Waals surface area (Å²) in [5.41, 5.74) is 5.78. The summed E-state index contributed by atoms with van der Waals surface area (Å²) < 4.78 is 1.78. The predicted octanol–water partition coefficient (Wildman–Crippen LogP) is 2.27. The van der Waals surface area contributed by atoms with E-state index >= 15 is 0 Å². The molecule has 2 rings (SSSR count). The van der Waals surface area contributed by atoms with Gasteiger partial charge < -0.3 is 10.8 Å². The molecule has 22 heavy (non-hydrogen) atoms. The van der Waals surface area contributed by atoms with Crippen LogP contribution in [-0.2, 0) is 0 Å². The molecule has 6 nitrogen and oxygen atoms in total. The fourth-order valence-electron chi connectivity index (χ4n) is 2.76. The van der Waals surface area contributed by atoms with E-state index in [4.69, 9.17) is 18.0 Å². The number of hydrogen-bond acceptors (Lipinski definition) is 5. The van der Waals surface area contributed by atoms with E-state index in [0.717, 1.165) is 32.1 Å². The van der Waals surface area contributed by atoms with Crippen LogP contribution in [0.15, 0.2) is 9.79 Å². The lowest BCUT2D eigenvalue weighted by molar-refractivity contribution is 0.370. The molecule has 1 aromatic rings. The average molecular weight is 324 g/mol. The quantitative estimate of drug-likeness (QED) is 0.585. The lowest BCUT2D eigenvalue weighted by Crippen LogP contribution is -2.36. The molecule has 1 fully saturated rings. The lowest BCUT2D eigenvalue weighted by Gasteiger charge is -2.25. The summed E-state index contributed by atoms with van der Waals surface area (Å²) in [5.74, 6) is -0.128. The Morgan fingerprint density at radius 1 is 1.55 bits per heavy atom. The minimum absolute atomic E-state index is 0.00608. The second-order valence-corrected chi connectivity index (χ2v) is 6.30. The second-order valence-electron chi connectivity index (χ2n) is 5.92. The fourth-order valence-corrected chi connectivity index (χ4v) is 3.11. The Bertz CT molecular complexity index is 664. The summed E-state index contributed by atoms with van der Waals surface area (Å²) in [4.78, 5) is 19.1. The predicted molar refractivity (Wildman–Crippen MR) is 90.4 cm³/mol. The first-order chi connectivity index (χ1) is 10.5. The van der Waals surface area contributed by atoms with Gasteiger partial charge in [-0.15, -0.1) is 0 Å². The highest BCUT2D eigenvalue weighted by molar-refractivity contribution is 7.71. The molecule has 4 N–H and O–H groups in total. The highest BCUT2D eigenvalue weighted by Crippen LogP contribution is 2.22. The maximum Gasteiger partial charge on any atom is 0.264 e. The number of rotatable bonds is 4. The number of nitrogens with two attached hydrogens (primary N) is 1. The van der Waals surface area contributed by atoms with E-state index in [1.807, 2.05) is 13.8 Å². The maximum atomic E-state index is 12.1. The number of hydrogen-bond donors (Lipinski definition) is 3. The van der Waals surface area contributed by atoms with Crippen LogP contribution in [-0.4, -0.2) is 33.0 Å². The standard InChI is InChI=1S/C15H24N4O2S/c1-3-9(2)19-14(21)10(13(20)18-15(19)22)8-17-12-7-5-4-6-11(12)16/h8-9,11-12,21H,3-7,16H2,1-2H3,(H,18,20,22)/t9-,11+,12+/m1/s1. The van der Waals surface area contributed by atoms with E-state index in [9.17, 15) is 9.90 Å². The van der Waals surface area contributed by atoms with Crippen LogP contribution in [0.5, 0.6) is 5.88 Å². The molecule has 0 amide bonds. The molecule has 0 saturated heterocycles. The zero-order chi connectivity index (χ0) is 16.3. The van der Waals surface area contributed by atoms with Crippen LogP contribution in [0, 0.1) is 4.77 Å². The van der Waals surface area contributed by atoms with Gasteiger partial charge in [-0.2, -0.15) is 0 Å². The molecule has 0 aliphatic heterocycles. The van der Waals surface area contributed by atoms with Crippen molar-refractivity contribution in [2.45, 2.75) is 64.1 Å². The molecule has 0 spiro atoms. The van der Waals surface area contributed by atoms with Gasteiger partial charge in [0.2, 0.25) is 5.88 Å². The van der Waals surface area contributed by atoms with Crippen molar-refractivity contribution < 1.29 is 5.11 Å². The van der Waals surface area contributed by atoms with Crippen LogP contribution in [0.4, 0.5) is 0 Å². The van der Waals surface area contributed by atoms with Crippen molar-refractivity contribution >= 4 is 18.4 Å². The SMILES string of the molecule is CC[C@@H](C)n1c(O)c(C=N[C@H]2CCCC[C@@H]2N)c(=O)[nH]c1=S. The maximum absolute atomic E-state index is 12.1. The van der Waals surface area contributed by atoms with Crippen molar-refractivity contribution in [2.24, 2.45) is 10.7 Å². The number of aliphatic imine (C=N–C) groups is 1. The normalized spacial score (nSPS) is 23.8. The molecule has 0 unspecified atom stereocenters. The first-order valence-corrected chi connectivity index (χ1v) is 8.23. The summed E-state index contributed by atoms with van der Waals surface area (Å²) in [7, 11) is 0. The van der Waals surface area contributed by atoms with Gasteiger partial charge in [0.15, 0.2) is 4.77 Å². The Hall–Kier alpha value is -1.47. The van der Waals surface area contributed by atoms with Gasteiger partial charge in [0.25, 0.3) is 5.56 Å². The summed E-state index contributed by atoms with van der Waals surface area (Å²) in [6.07, 6.45) is 6.31. The number of nitrogens with zero attached hydrogens (tertiary/aromatic N) is 2.